The molecule has 11 heteroatoms. The second-order valence-corrected chi connectivity index (χ2v) is 6.45. The van der Waals surface area contributed by atoms with E-state index in [2.05, 4.69) is 9.97 Å². The van der Waals surface area contributed by atoms with Crippen molar-refractivity contribution >= 4 is 23.5 Å². The molecule has 0 saturated carbocycles. The van der Waals surface area contributed by atoms with Crippen molar-refractivity contribution < 1.29 is 13.7 Å². The number of nitrogens with zero attached hydrogens (tertiary/aromatic N) is 4. The van der Waals surface area contributed by atoms with Crippen molar-refractivity contribution in [3.05, 3.63) is 50.7 Å². The van der Waals surface area contributed by atoms with E-state index in [0.29, 0.717) is 16.8 Å². The SMILES string of the molecule is CC(CCCO)Oc1nc(-n2c(=O)n(SF)c3[nH]ccc(=O)c32)ccc1C#N. The average Bonchev–Trinajstić information content (AvgIpc) is 2.98. The van der Waals surface area contributed by atoms with Crippen molar-refractivity contribution in [2.45, 2.75) is 25.9 Å². The van der Waals surface area contributed by atoms with Crippen LogP contribution < -0.4 is 15.9 Å². The summed E-state index contributed by atoms with van der Waals surface area (Å²) in [6, 6.07) is 5.95. The number of hydrogen-bond donors (Lipinski definition) is 2. The lowest BCUT2D eigenvalue weighted by molar-refractivity contribution is 0.182. The number of aliphatic hydroxyl groups excluding tert-OH is 1. The molecule has 146 valence electrons. The van der Waals surface area contributed by atoms with E-state index in [1.807, 2.05) is 6.07 Å². The van der Waals surface area contributed by atoms with Gasteiger partial charge in [-0.1, -0.05) is 0 Å². The van der Waals surface area contributed by atoms with Crippen LogP contribution >= 0.6 is 12.3 Å². The highest BCUT2D eigenvalue weighted by Crippen LogP contribution is 2.22. The number of H-pyrrole nitrogens is 1. The van der Waals surface area contributed by atoms with Gasteiger partial charge in [0, 0.05) is 18.9 Å². The molecule has 0 bridgehead atoms. The molecule has 2 N–H and O–H groups in total. The van der Waals surface area contributed by atoms with Crippen LogP contribution in [0.1, 0.15) is 25.3 Å². The van der Waals surface area contributed by atoms with Crippen molar-refractivity contribution in [3.8, 4) is 17.8 Å². The molecule has 9 nitrogen and oxygen atoms in total. The topological polar surface area (TPSA) is 126 Å². The van der Waals surface area contributed by atoms with Gasteiger partial charge in [0.1, 0.15) is 23.0 Å². The van der Waals surface area contributed by atoms with Crippen LogP contribution in [0.2, 0.25) is 0 Å². The van der Waals surface area contributed by atoms with Crippen LogP contribution in [-0.4, -0.2) is 36.3 Å². The maximum Gasteiger partial charge on any atom is 0.348 e. The monoisotopic (exact) mass is 405 g/mol. The molecule has 1 atom stereocenters. The van der Waals surface area contributed by atoms with E-state index in [1.54, 1.807) is 6.92 Å². The summed E-state index contributed by atoms with van der Waals surface area (Å²) in [7, 11) is 0. The highest BCUT2D eigenvalue weighted by molar-refractivity contribution is 7.92. The third-order valence-electron chi connectivity index (χ3n) is 4.05. The van der Waals surface area contributed by atoms with Gasteiger partial charge >= 0.3 is 5.69 Å². The Labute approximate surface area is 162 Å². The molecule has 3 rings (SSSR count). The first kappa shape index (κ1) is 19.7. The first-order valence-corrected chi connectivity index (χ1v) is 9.02. The molecule has 3 heterocycles. The molecule has 0 aliphatic carbocycles. The van der Waals surface area contributed by atoms with Gasteiger partial charge in [-0.15, -0.1) is 3.89 Å². The third kappa shape index (κ3) is 3.51. The van der Waals surface area contributed by atoms with E-state index < -0.39 is 11.1 Å². The molecule has 0 aromatic carbocycles. The van der Waals surface area contributed by atoms with E-state index in [9.17, 15) is 18.7 Å². The number of fused-ring (bicyclic) bond motifs is 1. The lowest BCUT2D eigenvalue weighted by atomic mass is 10.2. The fraction of sp³-hybridized carbons (Fsp3) is 0.294. The largest absolute Gasteiger partial charge is 0.474 e. The molecule has 28 heavy (non-hydrogen) atoms. The first-order chi connectivity index (χ1) is 13.5. The fourth-order valence-corrected chi connectivity index (χ4v) is 3.10. The molecular weight excluding hydrogens is 389 g/mol. The zero-order chi connectivity index (χ0) is 20.3. The summed E-state index contributed by atoms with van der Waals surface area (Å²) in [5, 5.41) is 18.2. The lowest BCUT2D eigenvalue weighted by Gasteiger charge is -2.15. The summed E-state index contributed by atoms with van der Waals surface area (Å²) in [6.45, 7) is 1.76. The predicted octanol–water partition coefficient (Wildman–Crippen LogP) is 1.67. The average molecular weight is 405 g/mol. The van der Waals surface area contributed by atoms with Crippen molar-refractivity contribution in [1.29, 1.82) is 5.26 Å². The minimum Gasteiger partial charge on any atom is -0.474 e. The number of aromatic nitrogens is 4. The van der Waals surface area contributed by atoms with E-state index >= 15 is 0 Å². The Hall–Kier alpha value is -3.10. The molecule has 1 unspecified atom stereocenters. The van der Waals surface area contributed by atoms with Crippen LogP contribution in [0.5, 0.6) is 5.88 Å². The minimum atomic E-state index is -0.821. The van der Waals surface area contributed by atoms with Gasteiger partial charge in [0.2, 0.25) is 11.3 Å². The van der Waals surface area contributed by atoms with Crippen LogP contribution in [0.25, 0.3) is 17.0 Å². The summed E-state index contributed by atoms with van der Waals surface area (Å²) in [5.41, 5.74) is -1.25. The predicted molar refractivity (Wildman–Crippen MR) is 101 cm³/mol. The number of aromatic amines is 1. The van der Waals surface area contributed by atoms with Gasteiger partial charge in [0.05, 0.1) is 6.10 Å². The number of nitriles is 1. The second-order valence-electron chi connectivity index (χ2n) is 5.95. The van der Waals surface area contributed by atoms with E-state index in [-0.39, 0.29) is 53.5 Å². The Morgan fingerprint density at radius 3 is 2.89 bits per heavy atom. The highest BCUT2D eigenvalue weighted by Gasteiger charge is 2.21. The highest BCUT2D eigenvalue weighted by atomic mass is 32.2. The van der Waals surface area contributed by atoms with E-state index in [4.69, 9.17) is 9.84 Å². The number of pyridine rings is 2. The van der Waals surface area contributed by atoms with Crippen LogP contribution in [0.4, 0.5) is 3.89 Å². The van der Waals surface area contributed by atoms with Gasteiger partial charge in [0.25, 0.3) is 0 Å². The standard InChI is InChI=1S/C17H16FN5O4S/c1-10(3-2-8-24)27-16-11(9-19)4-5-13(21-16)22-14-12(25)6-7-20-15(14)23(28-18)17(22)26/h4-7,10,24H,2-3,8H2,1H3,(H,20,25). The quantitative estimate of drug-likeness (QED) is 0.612. The Balaban J connectivity index is 2.17. The van der Waals surface area contributed by atoms with Crippen LogP contribution in [0, 0.1) is 11.3 Å². The summed E-state index contributed by atoms with van der Waals surface area (Å²) >= 11 is -0.341. The maximum atomic E-state index is 13.3. The number of hydrogen-bond acceptors (Lipinski definition) is 7. The van der Waals surface area contributed by atoms with Gasteiger partial charge in [-0.3, -0.25) is 4.79 Å². The van der Waals surface area contributed by atoms with E-state index in [1.165, 1.54) is 24.4 Å². The summed E-state index contributed by atoms with van der Waals surface area (Å²) < 4.78 is 20.6. The Morgan fingerprint density at radius 1 is 1.43 bits per heavy atom. The molecule has 0 radical (unpaired) electrons. The van der Waals surface area contributed by atoms with Gasteiger partial charge in [-0.25, -0.2) is 9.36 Å². The van der Waals surface area contributed by atoms with Gasteiger partial charge in [-0.05, 0) is 31.9 Å². The minimum absolute atomic E-state index is 0.00468. The molecule has 0 spiro atoms. The van der Waals surface area contributed by atoms with Crippen molar-refractivity contribution in [3.63, 3.8) is 0 Å². The Bertz CT molecular complexity index is 1160. The van der Waals surface area contributed by atoms with Crippen LogP contribution in [-0.2, 0) is 0 Å². The molecule has 0 aliphatic rings. The van der Waals surface area contributed by atoms with Crippen molar-refractivity contribution in [1.82, 2.24) is 18.5 Å². The summed E-state index contributed by atoms with van der Waals surface area (Å²) in [4.78, 5) is 31.8. The second kappa shape index (κ2) is 8.28. The van der Waals surface area contributed by atoms with Crippen molar-refractivity contribution in [2.24, 2.45) is 0 Å². The van der Waals surface area contributed by atoms with E-state index in [0.717, 1.165) is 4.57 Å². The Kier molecular flexibility index (Phi) is 5.81. The third-order valence-corrected chi connectivity index (χ3v) is 4.53. The number of rotatable bonds is 7. The normalized spacial score (nSPS) is 12.1. The molecule has 0 fully saturated rings. The smallest absolute Gasteiger partial charge is 0.348 e. The van der Waals surface area contributed by atoms with Crippen LogP contribution in [0.15, 0.2) is 34.0 Å². The van der Waals surface area contributed by atoms with Crippen LogP contribution in [0.3, 0.4) is 0 Å². The lowest BCUT2D eigenvalue weighted by Crippen LogP contribution is -2.22. The molecule has 3 aromatic heterocycles. The molecule has 0 aliphatic heterocycles. The van der Waals surface area contributed by atoms with Gasteiger partial charge in [0.15, 0.2) is 18.0 Å². The number of nitrogens with one attached hydrogen (secondary N) is 1. The number of ether oxygens (including phenoxy) is 1. The molecule has 0 saturated heterocycles. The van der Waals surface area contributed by atoms with Crippen molar-refractivity contribution in [2.75, 3.05) is 6.61 Å². The maximum absolute atomic E-state index is 13.3. The zero-order valence-corrected chi connectivity index (χ0v) is 15.6. The van der Waals surface area contributed by atoms with Gasteiger partial charge < -0.3 is 14.8 Å². The summed E-state index contributed by atoms with van der Waals surface area (Å²) in [6.07, 6.45) is 2.01. The molecule has 0 amide bonds. The fourth-order valence-electron chi connectivity index (χ4n) is 2.75. The zero-order valence-electron chi connectivity index (χ0n) is 14.8. The first-order valence-electron chi connectivity index (χ1n) is 8.35. The number of aliphatic hydroxyl groups is 1. The number of imidazole rings is 1. The Morgan fingerprint density at radius 2 is 2.21 bits per heavy atom. The molecular formula is C17H16FN5O4S. The summed E-state index contributed by atoms with van der Waals surface area (Å²) in [5.74, 6) is 0.00126. The number of halogens is 1. The van der Waals surface area contributed by atoms with Gasteiger partial charge in [-0.2, -0.15) is 14.2 Å². The molecule has 3 aromatic rings.